The van der Waals surface area contributed by atoms with Crippen LogP contribution in [0.4, 0.5) is 0 Å². The molecule has 1 aromatic rings. The topological polar surface area (TPSA) is 61.3 Å². The Bertz CT molecular complexity index is 413. The Labute approximate surface area is 117 Å². The van der Waals surface area contributed by atoms with Crippen LogP contribution >= 0.6 is 0 Å². The molecular formula is C16H28N2O. The van der Waals surface area contributed by atoms with Gasteiger partial charge in [0.25, 0.3) is 0 Å². The fourth-order valence-electron chi connectivity index (χ4n) is 2.34. The third-order valence-corrected chi connectivity index (χ3v) is 3.57. The first-order chi connectivity index (χ1) is 8.86. The van der Waals surface area contributed by atoms with Crippen molar-refractivity contribution in [3.63, 3.8) is 0 Å². The third kappa shape index (κ3) is 4.22. The molecule has 0 aliphatic rings. The van der Waals surface area contributed by atoms with Gasteiger partial charge in [0.15, 0.2) is 0 Å². The summed E-state index contributed by atoms with van der Waals surface area (Å²) in [6.45, 7) is 8.45. The fourth-order valence-corrected chi connectivity index (χ4v) is 2.34. The smallest absolute Gasteiger partial charge is 0.122 e. The molecular weight excluding hydrogens is 236 g/mol. The second-order valence-electron chi connectivity index (χ2n) is 5.77. The number of hydrogen-bond donors (Lipinski definition) is 2. The number of hydrogen-bond acceptors (Lipinski definition) is 3. The maximum absolute atomic E-state index is 6.31. The van der Waals surface area contributed by atoms with Gasteiger partial charge in [-0.2, -0.15) is 0 Å². The molecule has 0 saturated carbocycles. The van der Waals surface area contributed by atoms with Crippen LogP contribution in [0.15, 0.2) is 12.1 Å². The lowest BCUT2D eigenvalue weighted by Gasteiger charge is -2.20. The second kappa shape index (κ2) is 6.92. The van der Waals surface area contributed by atoms with Crippen molar-refractivity contribution in [3.8, 4) is 5.75 Å². The minimum Gasteiger partial charge on any atom is -0.496 e. The average Bonchev–Trinajstić information content (AvgIpc) is 2.34. The van der Waals surface area contributed by atoms with E-state index in [9.17, 15) is 0 Å². The third-order valence-electron chi connectivity index (χ3n) is 3.57. The molecule has 0 heterocycles. The van der Waals surface area contributed by atoms with E-state index < -0.39 is 0 Å². The summed E-state index contributed by atoms with van der Waals surface area (Å²) in [5.41, 5.74) is 15.7. The van der Waals surface area contributed by atoms with Gasteiger partial charge in [-0.15, -0.1) is 0 Å². The van der Waals surface area contributed by atoms with Crippen LogP contribution in [-0.2, 0) is 0 Å². The molecule has 3 heteroatoms. The zero-order valence-electron chi connectivity index (χ0n) is 12.9. The standard InChI is InChI=1S/C16H28N2O/c1-10(2)13-9-14(11(3)8-16(13)19-5)15(18)7-6-12(4)17/h8-10,12,15H,6-7,17-18H2,1-5H3. The molecule has 3 nitrogen and oxygen atoms in total. The summed E-state index contributed by atoms with van der Waals surface area (Å²) >= 11 is 0. The van der Waals surface area contributed by atoms with Crippen molar-refractivity contribution in [3.05, 3.63) is 28.8 Å². The number of nitrogens with two attached hydrogens (primary N) is 2. The van der Waals surface area contributed by atoms with Crippen molar-refractivity contribution in [2.24, 2.45) is 11.5 Å². The Hall–Kier alpha value is -1.06. The van der Waals surface area contributed by atoms with Crippen LogP contribution in [0.5, 0.6) is 5.75 Å². The van der Waals surface area contributed by atoms with Crippen molar-refractivity contribution < 1.29 is 4.74 Å². The lowest BCUT2D eigenvalue weighted by Crippen LogP contribution is -2.19. The quantitative estimate of drug-likeness (QED) is 0.829. The van der Waals surface area contributed by atoms with Crippen LogP contribution < -0.4 is 16.2 Å². The van der Waals surface area contributed by atoms with E-state index in [4.69, 9.17) is 16.2 Å². The summed E-state index contributed by atoms with van der Waals surface area (Å²) in [7, 11) is 1.72. The number of methoxy groups -OCH3 is 1. The second-order valence-corrected chi connectivity index (χ2v) is 5.77. The first kappa shape index (κ1) is 16.0. The molecule has 0 aliphatic heterocycles. The SMILES string of the molecule is COc1cc(C)c(C(N)CCC(C)N)cc1C(C)C. The van der Waals surface area contributed by atoms with Crippen molar-refractivity contribution in [2.45, 2.75) is 58.5 Å². The molecule has 0 aromatic heterocycles. The van der Waals surface area contributed by atoms with Crippen LogP contribution in [0.1, 0.15) is 62.3 Å². The summed E-state index contributed by atoms with van der Waals surface area (Å²) < 4.78 is 5.46. The zero-order chi connectivity index (χ0) is 14.6. The van der Waals surface area contributed by atoms with Crippen LogP contribution in [0.25, 0.3) is 0 Å². The molecule has 1 aromatic carbocycles. The molecule has 19 heavy (non-hydrogen) atoms. The van der Waals surface area contributed by atoms with Gasteiger partial charge in [0, 0.05) is 12.1 Å². The number of ether oxygens (including phenoxy) is 1. The van der Waals surface area contributed by atoms with E-state index in [0.717, 1.165) is 18.6 Å². The molecule has 0 saturated heterocycles. The van der Waals surface area contributed by atoms with Crippen molar-refractivity contribution in [2.75, 3.05) is 7.11 Å². The van der Waals surface area contributed by atoms with Gasteiger partial charge in [-0.1, -0.05) is 19.9 Å². The molecule has 4 N–H and O–H groups in total. The molecule has 108 valence electrons. The molecule has 2 unspecified atom stereocenters. The Morgan fingerprint density at radius 3 is 2.16 bits per heavy atom. The lowest BCUT2D eigenvalue weighted by molar-refractivity contribution is 0.406. The van der Waals surface area contributed by atoms with Crippen LogP contribution in [0.2, 0.25) is 0 Å². The summed E-state index contributed by atoms with van der Waals surface area (Å²) in [6, 6.07) is 4.55. The van der Waals surface area contributed by atoms with Gasteiger partial charge in [0.1, 0.15) is 5.75 Å². The Morgan fingerprint density at radius 1 is 1.05 bits per heavy atom. The monoisotopic (exact) mass is 264 g/mol. The number of rotatable bonds is 6. The number of benzene rings is 1. The van der Waals surface area contributed by atoms with Gasteiger partial charge in [-0.25, -0.2) is 0 Å². The summed E-state index contributed by atoms with van der Waals surface area (Å²) in [6.07, 6.45) is 1.87. The van der Waals surface area contributed by atoms with E-state index in [1.165, 1.54) is 16.7 Å². The normalized spacial score (nSPS) is 14.5. The van der Waals surface area contributed by atoms with Gasteiger partial charge >= 0.3 is 0 Å². The fraction of sp³-hybridized carbons (Fsp3) is 0.625. The van der Waals surface area contributed by atoms with E-state index in [1.54, 1.807) is 7.11 Å². The average molecular weight is 264 g/mol. The molecule has 1 rings (SSSR count). The Balaban J connectivity index is 3.03. The molecule has 0 amide bonds. The molecule has 0 fully saturated rings. The molecule has 0 radical (unpaired) electrons. The van der Waals surface area contributed by atoms with Gasteiger partial charge < -0.3 is 16.2 Å². The van der Waals surface area contributed by atoms with Crippen LogP contribution in [0.3, 0.4) is 0 Å². The largest absolute Gasteiger partial charge is 0.496 e. The molecule has 0 bridgehead atoms. The van der Waals surface area contributed by atoms with Crippen LogP contribution in [0, 0.1) is 6.92 Å². The van der Waals surface area contributed by atoms with Crippen molar-refractivity contribution >= 4 is 0 Å². The molecule has 0 spiro atoms. The summed E-state index contributed by atoms with van der Waals surface area (Å²) in [4.78, 5) is 0. The van der Waals surface area contributed by atoms with Gasteiger partial charge in [-0.3, -0.25) is 0 Å². The minimum atomic E-state index is 0.0504. The Morgan fingerprint density at radius 2 is 1.68 bits per heavy atom. The van der Waals surface area contributed by atoms with Gasteiger partial charge in [0.05, 0.1) is 7.11 Å². The predicted octanol–water partition coefficient (Wildman–Crippen LogP) is 3.25. The first-order valence-corrected chi connectivity index (χ1v) is 7.06. The van der Waals surface area contributed by atoms with E-state index >= 15 is 0 Å². The zero-order valence-corrected chi connectivity index (χ0v) is 12.9. The van der Waals surface area contributed by atoms with E-state index in [0.29, 0.717) is 5.92 Å². The summed E-state index contributed by atoms with van der Waals surface area (Å²) in [5.74, 6) is 1.38. The highest BCUT2D eigenvalue weighted by molar-refractivity contribution is 5.45. The van der Waals surface area contributed by atoms with E-state index in [2.05, 4.69) is 32.9 Å². The van der Waals surface area contributed by atoms with Gasteiger partial charge in [0.2, 0.25) is 0 Å². The van der Waals surface area contributed by atoms with Gasteiger partial charge in [-0.05, 0) is 55.4 Å². The molecule has 0 aliphatic carbocycles. The van der Waals surface area contributed by atoms with E-state index in [-0.39, 0.29) is 12.1 Å². The number of aryl methyl sites for hydroxylation is 1. The molecule has 2 atom stereocenters. The van der Waals surface area contributed by atoms with Crippen molar-refractivity contribution in [1.29, 1.82) is 0 Å². The summed E-state index contributed by atoms with van der Waals surface area (Å²) in [5, 5.41) is 0. The Kier molecular flexibility index (Phi) is 5.83. The van der Waals surface area contributed by atoms with Crippen LogP contribution in [-0.4, -0.2) is 13.2 Å². The minimum absolute atomic E-state index is 0.0504. The maximum Gasteiger partial charge on any atom is 0.122 e. The lowest BCUT2D eigenvalue weighted by atomic mass is 9.91. The first-order valence-electron chi connectivity index (χ1n) is 7.06. The van der Waals surface area contributed by atoms with Crippen molar-refractivity contribution in [1.82, 2.24) is 0 Å². The highest BCUT2D eigenvalue weighted by Gasteiger charge is 2.15. The van der Waals surface area contributed by atoms with E-state index in [1.807, 2.05) is 6.92 Å². The maximum atomic E-state index is 6.31. The highest BCUT2D eigenvalue weighted by atomic mass is 16.5. The predicted molar refractivity (Wildman–Crippen MR) is 81.6 cm³/mol. The highest BCUT2D eigenvalue weighted by Crippen LogP contribution is 2.32.